The Kier molecular flexibility index (Phi) is 5.48. The van der Waals surface area contributed by atoms with Gasteiger partial charge >= 0.3 is 0 Å². The Hall–Kier alpha value is -1.71. The molecule has 0 aliphatic carbocycles. The van der Waals surface area contributed by atoms with Crippen molar-refractivity contribution < 1.29 is 14.6 Å². The number of hydrogen-bond acceptors (Lipinski definition) is 3. The number of ether oxygens (including phenoxy) is 2. The molecule has 0 aliphatic heterocycles. The van der Waals surface area contributed by atoms with Gasteiger partial charge in [-0.05, 0) is 35.7 Å². The van der Waals surface area contributed by atoms with Crippen LogP contribution in [0.3, 0.4) is 0 Å². The zero-order chi connectivity index (χ0) is 15.2. The zero-order valence-corrected chi connectivity index (χ0v) is 12.9. The Bertz CT molecular complexity index is 598. The lowest BCUT2D eigenvalue weighted by atomic mass is 10.0. The summed E-state index contributed by atoms with van der Waals surface area (Å²) >= 11 is 6.11. The average Bonchev–Trinajstić information content (AvgIpc) is 2.49. The minimum Gasteiger partial charge on any atom is -0.493 e. The fourth-order valence-electron chi connectivity index (χ4n) is 2.27. The first-order chi connectivity index (χ1) is 10.1. The predicted octanol–water partition coefficient (Wildman–Crippen LogP) is 3.50. The second-order valence-electron chi connectivity index (χ2n) is 4.84. The van der Waals surface area contributed by atoms with Crippen LogP contribution in [-0.4, -0.2) is 25.4 Å². The molecule has 0 heterocycles. The van der Waals surface area contributed by atoms with Crippen LogP contribution in [0.4, 0.5) is 0 Å². The molecule has 0 radical (unpaired) electrons. The third kappa shape index (κ3) is 4.13. The highest BCUT2D eigenvalue weighted by Crippen LogP contribution is 2.28. The predicted molar refractivity (Wildman–Crippen MR) is 84.4 cm³/mol. The number of aliphatic hydroxyl groups is 1. The fourth-order valence-corrected chi connectivity index (χ4v) is 2.48. The Morgan fingerprint density at radius 2 is 1.71 bits per heavy atom. The topological polar surface area (TPSA) is 38.7 Å². The molecule has 2 rings (SSSR count). The molecule has 1 N–H and O–H groups in total. The highest BCUT2D eigenvalue weighted by molar-refractivity contribution is 6.31. The first-order valence-electron chi connectivity index (χ1n) is 6.76. The van der Waals surface area contributed by atoms with E-state index in [4.69, 9.17) is 21.1 Å². The number of methoxy groups -OCH3 is 2. The normalized spacial score (nSPS) is 12.0. The molecule has 0 bridgehead atoms. The number of benzene rings is 2. The van der Waals surface area contributed by atoms with Gasteiger partial charge in [-0.15, -0.1) is 0 Å². The summed E-state index contributed by atoms with van der Waals surface area (Å²) in [6, 6.07) is 13.2. The van der Waals surface area contributed by atoms with E-state index in [-0.39, 0.29) is 0 Å². The maximum atomic E-state index is 10.2. The van der Waals surface area contributed by atoms with Crippen molar-refractivity contribution >= 4 is 11.6 Å². The molecular formula is C17H19ClO3. The van der Waals surface area contributed by atoms with Crippen LogP contribution < -0.4 is 9.47 Å². The quantitative estimate of drug-likeness (QED) is 0.887. The van der Waals surface area contributed by atoms with E-state index in [1.54, 1.807) is 14.2 Å². The summed E-state index contributed by atoms with van der Waals surface area (Å²) in [5.74, 6) is 1.35. The molecule has 0 fully saturated rings. The molecule has 0 saturated heterocycles. The van der Waals surface area contributed by atoms with E-state index in [9.17, 15) is 5.11 Å². The minimum atomic E-state index is -0.497. The maximum absolute atomic E-state index is 10.2. The molecule has 2 aromatic carbocycles. The SMILES string of the molecule is COc1ccc(CC(O)Cc2ccccc2Cl)cc1OC. The van der Waals surface area contributed by atoms with E-state index < -0.39 is 6.10 Å². The van der Waals surface area contributed by atoms with Crippen LogP contribution in [0.25, 0.3) is 0 Å². The van der Waals surface area contributed by atoms with E-state index in [1.165, 1.54) is 0 Å². The lowest BCUT2D eigenvalue weighted by Crippen LogP contribution is -2.14. The molecule has 4 heteroatoms. The minimum absolute atomic E-state index is 0.497. The van der Waals surface area contributed by atoms with E-state index in [1.807, 2.05) is 42.5 Å². The maximum Gasteiger partial charge on any atom is 0.160 e. The van der Waals surface area contributed by atoms with Gasteiger partial charge in [0.2, 0.25) is 0 Å². The summed E-state index contributed by atoms with van der Waals surface area (Å²) in [7, 11) is 3.20. The van der Waals surface area contributed by atoms with Crippen LogP contribution in [0, 0.1) is 0 Å². The van der Waals surface area contributed by atoms with Crippen LogP contribution in [-0.2, 0) is 12.8 Å². The smallest absolute Gasteiger partial charge is 0.160 e. The summed E-state index contributed by atoms with van der Waals surface area (Å²) in [5, 5.41) is 10.9. The van der Waals surface area contributed by atoms with Gasteiger partial charge in [0.25, 0.3) is 0 Å². The highest BCUT2D eigenvalue weighted by Gasteiger charge is 2.11. The van der Waals surface area contributed by atoms with Crippen LogP contribution in [0.5, 0.6) is 11.5 Å². The zero-order valence-electron chi connectivity index (χ0n) is 12.2. The van der Waals surface area contributed by atoms with Crippen molar-refractivity contribution in [2.75, 3.05) is 14.2 Å². The fraction of sp³-hybridized carbons (Fsp3) is 0.294. The van der Waals surface area contributed by atoms with Crippen LogP contribution in [0.1, 0.15) is 11.1 Å². The van der Waals surface area contributed by atoms with Crippen molar-refractivity contribution in [1.82, 2.24) is 0 Å². The molecule has 1 unspecified atom stereocenters. The molecule has 3 nitrogen and oxygen atoms in total. The second-order valence-corrected chi connectivity index (χ2v) is 5.25. The standard InChI is InChI=1S/C17H19ClO3/c1-20-16-8-7-12(10-17(16)21-2)9-14(19)11-13-5-3-4-6-15(13)18/h3-8,10,14,19H,9,11H2,1-2H3. The Balaban J connectivity index is 2.06. The van der Waals surface area contributed by atoms with Crippen LogP contribution >= 0.6 is 11.6 Å². The van der Waals surface area contributed by atoms with Gasteiger partial charge < -0.3 is 14.6 Å². The summed E-state index contributed by atoms with van der Waals surface area (Å²) < 4.78 is 10.5. The van der Waals surface area contributed by atoms with Gasteiger partial charge in [-0.1, -0.05) is 35.9 Å². The average molecular weight is 307 g/mol. The molecule has 1 atom stereocenters. The second kappa shape index (κ2) is 7.34. The van der Waals surface area contributed by atoms with Crippen molar-refractivity contribution in [3.63, 3.8) is 0 Å². The molecule has 0 spiro atoms. The molecule has 112 valence electrons. The van der Waals surface area contributed by atoms with Gasteiger partial charge in [-0.25, -0.2) is 0 Å². The van der Waals surface area contributed by atoms with Gasteiger partial charge in [0.1, 0.15) is 0 Å². The molecule has 21 heavy (non-hydrogen) atoms. The molecule has 2 aromatic rings. The van der Waals surface area contributed by atoms with Crippen molar-refractivity contribution in [2.24, 2.45) is 0 Å². The monoisotopic (exact) mass is 306 g/mol. The summed E-state index contributed by atoms with van der Waals surface area (Å²) in [4.78, 5) is 0. The van der Waals surface area contributed by atoms with Gasteiger partial charge in [0.15, 0.2) is 11.5 Å². The summed E-state index contributed by atoms with van der Waals surface area (Å²) in [6.45, 7) is 0. The van der Waals surface area contributed by atoms with E-state index in [0.717, 1.165) is 11.1 Å². The molecule has 0 aromatic heterocycles. The van der Waals surface area contributed by atoms with Crippen molar-refractivity contribution in [3.05, 3.63) is 58.6 Å². The summed E-state index contributed by atoms with van der Waals surface area (Å²) in [5.41, 5.74) is 1.94. The number of aliphatic hydroxyl groups excluding tert-OH is 1. The van der Waals surface area contributed by atoms with E-state index in [2.05, 4.69) is 0 Å². The highest BCUT2D eigenvalue weighted by atomic mass is 35.5. The molecule has 0 saturated carbocycles. The first-order valence-corrected chi connectivity index (χ1v) is 7.14. The molecule has 0 aliphatic rings. The first kappa shape index (κ1) is 15.7. The Labute approximate surface area is 130 Å². The Morgan fingerprint density at radius 3 is 2.38 bits per heavy atom. The largest absolute Gasteiger partial charge is 0.493 e. The van der Waals surface area contributed by atoms with Crippen LogP contribution in [0.2, 0.25) is 5.02 Å². The van der Waals surface area contributed by atoms with Crippen molar-refractivity contribution in [1.29, 1.82) is 0 Å². The number of halogens is 1. The number of rotatable bonds is 6. The van der Waals surface area contributed by atoms with E-state index in [0.29, 0.717) is 29.4 Å². The Morgan fingerprint density at radius 1 is 1.00 bits per heavy atom. The van der Waals surface area contributed by atoms with Crippen molar-refractivity contribution in [2.45, 2.75) is 18.9 Å². The molecular weight excluding hydrogens is 288 g/mol. The van der Waals surface area contributed by atoms with Gasteiger partial charge in [0, 0.05) is 11.4 Å². The van der Waals surface area contributed by atoms with Gasteiger partial charge in [-0.3, -0.25) is 0 Å². The van der Waals surface area contributed by atoms with Gasteiger partial charge in [-0.2, -0.15) is 0 Å². The number of hydrogen-bond donors (Lipinski definition) is 1. The molecule has 0 amide bonds. The summed E-state index contributed by atoms with van der Waals surface area (Å²) in [6.07, 6.45) is 0.558. The van der Waals surface area contributed by atoms with E-state index >= 15 is 0 Å². The third-order valence-electron chi connectivity index (χ3n) is 3.33. The lowest BCUT2D eigenvalue weighted by Gasteiger charge is -2.14. The third-order valence-corrected chi connectivity index (χ3v) is 3.70. The lowest BCUT2D eigenvalue weighted by molar-refractivity contribution is 0.175. The van der Waals surface area contributed by atoms with Crippen molar-refractivity contribution in [3.8, 4) is 11.5 Å². The van der Waals surface area contributed by atoms with Crippen LogP contribution in [0.15, 0.2) is 42.5 Å². The van der Waals surface area contributed by atoms with Gasteiger partial charge in [0.05, 0.1) is 20.3 Å².